The predicted molar refractivity (Wildman–Crippen MR) is 80.5 cm³/mol. The first kappa shape index (κ1) is 15.3. The molecule has 0 spiro atoms. The molecule has 3 atom stereocenters. The third-order valence-electron chi connectivity index (χ3n) is 5.24. The van der Waals surface area contributed by atoms with Gasteiger partial charge in [0.1, 0.15) is 0 Å². The number of hydrogen-bond donors (Lipinski definition) is 1. The van der Waals surface area contributed by atoms with Gasteiger partial charge in [-0.25, -0.2) is 0 Å². The summed E-state index contributed by atoms with van der Waals surface area (Å²) in [5, 5.41) is 3.75. The van der Waals surface area contributed by atoms with Crippen LogP contribution in [0.25, 0.3) is 0 Å². The van der Waals surface area contributed by atoms with E-state index >= 15 is 0 Å². The summed E-state index contributed by atoms with van der Waals surface area (Å²) in [5.74, 6) is 0.714. The molecule has 0 aromatic carbocycles. The lowest BCUT2D eigenvalue weighted by Gasteiger charge is -2.49. The minimum Gasteiger partial charge on any atom is -0.378 e. The van der Waals surface area contributed by atoms with Crippen molar-refractivity contribution in [1.82, 2.24) is 10.2 Å². The van der Waals surface area contributed by atoms with Crippen molar-refractivity contribution in [2.45, 2.75) is 71.1 Å². The Morgan fingerprint density at radius 3 is 2.79 bits per heavy atom. The molecule has 0 amide bonds. The maximum absolute atomic E-state index is 5.78. The standard InChI is InChI=1S/C16H32N2O/c1-5-16(4)12-17-15(13(2)3)11-18(16)9-8-14-7-6-10-19-14/h13-15,17H,5-12H2,1-4H3. The van der Waals surface area contributed by atoms with Gasteiger partial charge in [0.05, 0.1) is 6.10 Å². The van der Waals surface area contributed by atoms with E-state index in [-0.39, 0.29) is 0 Å². The summed E-state index contributed by atoms with van der Waals surface area (Å²) in [6.45, 7) is 13.9. The van der Waals surface area contributed by atoms with Crippen molar-refractivity contribution in [3.8, 4) is 0 Å². The highest BCUT2D eigenvalue weighted by Gasteiger charge is 2.37. The van der Waals surface area contributed by atoms with Crippen LogP contribution >= 0.6 is 0 Å². The first-order valence-corrected chi connectivity index (χ1v) is 8.15. The Bertz CT molecular complexity index is 276. The lowest BCUT2D eigenvalue weighted by molar-refractivity contribution is 0.0200. The van der Waals surface area contributed by atoms with Gasteiger partial charge >= 0.3 is 0 Å². The predicted octanol–water partition coefficient (Wildman–Crippen LogP) is 2.65. The van der Waals surface area contributed by atoms with Crippen LogP contribution in [-0.4, -0.2) is 48.8 Å². The molecule has 2 fully saturated rings. The second kappa shape index (κ2) is 6.55. The van der Waals surface area contributed by atoms with E-state index in [2.05, 4.69) is 37.9 Å². The van der Waals surface area contributed by atoms with Crippen LogP contribution in [0.1, 0.15) is 53.4 Å². The van der Waals surface area contributed by atoms with E-state index < -0.39 is 0 Å². The second-order valence-electron chi connectivity index (χ2n) is 6.95. The molecule has 2 aliphatic rings. The number of piperazine rings is 1. The lowest BCUT2D eigenvalue weighted by atomic mass is 9.89. The minimum atomic E-state index is 0.323. The molecule has 0 bridgehead atoms. The van der Waals surface area contributed by atoms with E-state index in [1.54, 1.807) is 0 Å². The highest BCUT2D eigenvalue weighted by atomic mass is 16.5. The zero-order chi connectivity index (χ0) is 13.9. The summed E-state index contributed by atoms with van der Waals surface area (Å²) in [5.41, 5.74) is 0.323. The van der Waals surface area contributed by atoms with Crippen molar-refractivity contribution < 1.29 is 4.74 Å². The fourth-order valence-corrected chi connectivity index (χ4v) is 3.31. The Balaban J connectivity index is 1.91. The van der Waals surface area contributed by atoms with Gasteiger partial charge in [0, 0.05) is 37.8 Å². The van der Waals surface area contributed by atoms with Crippen molar-refractivity contribution >= 4 is 0 Å². The van der Waals surface area contributed by atoms with Crippen LogP contribution in [0.15, 0.2) is 0 Å². The van der Waals surface area contributed by atoms with Crippen molar-refractivity contribution in [2.75, 3.05) is 26.2 Å². The van der Waals surface area contributed by atoms with Gasteiger partial charge in [-0.2, -0.15) is 0 Å². The third-order valence-corrected chi connectivity index (χ3v) is 5.24. The average Bonchev–Trinajstić information content (AvgIpc) is 2.90. The van der Waals surface area contributed by atoms with Crippen molar-refractivity contribution in [2.24, 2.45) is 5.92 Å². The molecular formula is C16H32N2O. The van der Waals surface area contributed by atoms with Gasteiger partial charge in [-0.15, -0.1) is 0 Å². The van der Waals surface area contributed by atoms with Gasteiger partial charge in [0.25, 0.3) is 0 Å². The molecule has 2 rings (SSSR count). The van der Waals surface area contributed by atoms with Gasteiger partial charge in [-0.3, -0.25) is 4.90 Å². The fourth-order valence-electron chi connectivity index (χ4n) is 3.31. The molecule has 0 aromatic heterocycles. The van der Waals surface area contributed by atoms with E-state index in [1.807, 2.05) is 0 Å². The van der Waals surface area contributed by atoms with E-state index in [0.717, 1.165) is 13.2 Å². The Kier molecular flexibility index (Phi) is 5.27. The second-order valence-corrected chi connectivity index (χ2v) is 6.95. The molecule has 3 nitrogen and oxygen atoms in total. The molecule has 19 heavy (non-hydrogen) atoms. The molecule has 2 aliphatic heterocycles. The van der Waals surface area contributed by atoms with Crippen LogP contribution in [0.3, 0.4) is 0 Å². The summed E-state index contributed by atoms with van der Waals surface area (Å²) < 4.78 is 5.78. The van der Waals surface area contributed by atoms with Crippen LogP contribution in [0, 0.1) is 5.92 Å². The summed E-state index contributed by atoms with van der Waals surface area (Å²) in [6.07, 6.45) is 5.47. The number of nitrogens with zero attached hydrogens (tertiary/aromatic N) is 1. The zero-order valence-corrected chi connectivity index (χ0v) is 13.2. The molecule has 0 saturated carbocycles. The van der Waals surface area contributed by atoms with Crippen LogP contribution in [0.5, 0.6) is 0 Å². The van der Waals surface area contributed by atoms with Crippen molar-refractivity contribution in [3.63, 3.8) is 0 Å². The van der Waals surface area contributed by atoms with Crippen molar-refractivity contribution in [1.29, 1.82) is 0 Å². The van der Waals surface area contributed by atoms with Crippen LogP contribution in [0.2, 0.25) is 0 Å². The Morgan fingerprint density at radius 2 is 2.21 bits per heavy atom. The molecule has 0 aliphatic carbocycles. The Hall–Kier alpha value is -0.120. The van der Waals surface area contributed by atoms with E-state index in [9.17, 15) is 0 Å². The van der Waals surface area contributed by atoms with Gasteiger partial charge in [0.15, 0.2) is 0 Å². The van der Waals surface area contributed by atoms with E-state index in [0.29, 0.717) is 23.6 Å². The van der Waals surface area contributed by atoms with Crippen LogP contribution < -0.4 is 5.32 Å². The number of hydrogen-bond acceptors (Lipinski definition) is 3. The average molecular weight is 268 g/mol. The molecule has 112 valence electrons. The smallest absolute Gasteiger partial charge is 0.0588 e. The van der Waals surface area contributed by atoms with Gasteiger partial charge in [0.2, 0.25) is 0 Å². The number of nitrogens with one attached hydrogen (secondary N) is 1. The maximum Gasteiger partial charge on any atom is 0.0588 e. The fraction of sp³-hybridized carbons (Fsp3) is 1.00. The molecule has 0 aromatic rings. The number of ether oxygens (including phenoxy) is 1. The van der Waals surface area contributed by atoms with Gasteiger partial charge in [-0.05, 0) is 38.5 Å². The van der Waals surface area contributed by atoms with Gasteiger partial charge < -0.3 is 10.1 Å². The van der Waals surface area contributed by atoms with Crippen molar-refractivity contribution in [3.05, 3.63) is 0 Å². The monoisotopic (exact) mass is 268 g/mol. The molecule has 2 heterocycles. The summed E-state index contributed by atoms with van der Waals surface area (Å²) in [6, 6.07) is 0.643. The SMILES string of the molecule is CCC1(C)CNC(C(C)C)CN1CCC1CCCO1. The molecule has 0 radical (unpaired) electrons. The normalized spacial score (nSPS) is 37.1. The number of rotatable bonds is 5. The Morgan fingerprint density at radius 1 is 1.42 bits per heavy atom. The quantitative estimate of drug-likeness (QED) is 0.829. The molecule has 3 heteroatoms. The molecule has 3 unspecified atom stereocenters. The van der Waals surface area contributed by atoms with Gasteiger partial charge in [-0.1, -0.05) is 20.8 Å². The first-order chi connectivity index (χ1) is 9.05. The summed E-state index contributed by atoms with van der Waals surface area (Å²) in [4.78, 5) is 2.72. The molecule has 2 saturated heterocycles. The Labute approximate surface area is 119 Å². The topological polar surface area (TPSA) is 24.5 Å². The first-order valence-electron chi connectivity index (χ1n) is 8.15. The van der Waals surface area contributed by atoms with Crippen LogP contribution in [-0.2, 0) is 4.74 Å². The minimum absolute atomic E-state index is 0.323. The molecular weight excluding hydrogens is 236 g/mol. The zero-order valence-electron chi connectivity index (χ0n) is 13.2. The molecule has 1 N–H and O–H groups in total. The van der Waals surface area contributed by atoms with E-state index in [4.69, 9.17) is 4.74 Å². The van der Waals surface area contributed by atoms with Crippen LogP contribution in [0.4, 0.5) is 0 Å². The third kappa shape index (κ3) is 3.71. The highest BCUT2D eigenvalue weighted by Crippen LogP contribution is 2.26. The summed E-state index contributed by atoms with van der Waals surface area (Å²) >= 11 is 0. The largest absolute Gasteiger partial charge is 0.378 e. The highest BCUT2D eigenvalue weighted by molar-refractivity contribution is 4.96. The van der Waals surface area contributed by atoms with E-state index in [1.165, 1.54) is 38.8 Å². The summed E-state index contributed by atoms with van der Waals surface area (Å²) in [7, 11) is 0. The maximum atomic E-state index is 5.78. The lowest BCUT2D eigenvalue weighted by Crippen LogP contribution is -2.64.